The first-order valence-electron chi connectivity index (χ1n) is 9.38. The third kappa shape index (κ3) is 5.27. The van der Waals surface area contributed by atoms with E-state index in [1.165, 1.54) is 19.2 Å². The standard InChI is InChI=1S/C20H23ClF3N5O/c1-25-19(27-11-13-5-6-15(30-2)10-16(13)20(22,23)24)28-14-7-9-29(12-14)18-17(21)4-3-8-26-18/h3-6,8,10,14H,7,9,11-12H2,1-2H3,(H2,25,27,28). The maximum atomic E-state index is 13.4. The summed E-state index contributed by atoms with van der Waals surface area (Å²) in [6.07, 6.45) is -1.96. The Bertz CT molecular complexity index is 906. The first-order valence-corrected chi connectivity index (χ1v) is 9.76. The van der Waals surface area contributed by atoms with Crippen molar-refractivity contribution >= 4 is 23.4 Å². The minimum atomic E-state index is -4.48. The third-order valence-corrected chi connectivity index (χ3v) is 5.16. The highest BCUT2D eigenvalue weighted by molar-refractivity contribution is 6.32. The van der Waals surface area contributed by atoms with Gasteiger partial charge in [-0.25, -0.2) is 4.98 Å². The molecule has 2 N–H and O–H groups in total. The van der Waals surface area contributed by atoms with Crippen molar-refractivity contribution in [3.63, 3.8) is 0 Å². The van der Waals surface area contributed by atoms with Gasteiger partial charge in [0.2, 0.25) is 0 Å². The Hall–Kier alpha value is -2.68. The Kier molecular flexibility index (Phi) is 6.91. The molecule has 0 spiro atoms. The van der Waals surface area contributed by atoms with Crippen LogP contribution in [0.25, 0.3) is 0 Å². The number of alkyl halides is 3. The molecule has 1 atom stereocenters. The van der Waals surface area contributed by atoms with Crippen LogP contribution in [0, 0.1) is 0 Å². The number of aliphatic imine (C=N–C) groups is 1. The summed E-state index contributed by atoms with van der Waals surface area (Å²) in [4.78, 5) is 10.5. The van der Waals surface area contributed by atoms with Crippen molar-refractivity contribution in [1.29, 1.82) is 0 Å². The molecule has 30 heavy (non-hydrogen) atoms. The number of nitrogens with one attached hydrogen (secondary N) is 2. The van der Waals surface area contributed by atoms with E-state index in [0.29, 0.717) is 17.5 Å². The number of aromatic nitrogens is 1. The van der Waals surface area contributed by atoms with Gasteiger partial charge in [-0.2, -0.15) is 13.2 Å². The Morgan fingerprint density at radius 3 is 2.83 bits per heavy atom. The van der Waals surface area contributed by atoms with Crippen molar-refractivity contribution in [3.05, 3.63) is 52.7 Å². The second-order valence-corrected chi connectivity index (χ2v) is 7.24. The molecule has 1 unspecified atom stereocenters. The van der Waals surface area contributed by atoms with Gasteiger partial charge in [0, 0.05) is 38.9 Å². The molecule has 2 heterocycles. The number of hydrogen-bond acceptors (Lipinski definition) is 4. The minimum absolute atomic E-state index is 0.0268. The molecule has 0 radical (unpaired) electrons. The highest BCUT2D eigenvalue weighted by Crippen LogP contribution is 2.34. The Labute approximate surface area is 178 Å². The second kappa shape index (κ2) is 9.42. The number of hydrogen-bond donors (Lipinski definition) is 2. The summed E-state index contributed by atoms with van der Waals surface area (Å²) >= 11 is 6.21. The number of anilines is 1. The fourth-order valence-corrected chi connectivity index (χ4v) is 3.59. The van der Waals surface area contributed by atoms with Crippen LogP contribution in [0.5, 0.6) is 5.75 Å². The topological polar surface area (TPSA) is 61.8 Å². The number of guanidine groups is 1. The van der Waals surface area contributed by atoms with Crippen LogP contribution >= 0.6 is 11.6 Å². The lowest BCUT2D eigenvalue weighted by Crippen LogP contribution is -2.44. The summed E-state index contributed by atoms with van der Waals surface area (Å²) in [6.45, 7) is 1.40. The van der Waals surface area contributed by atoms with E-state index < -0.39 is 11.7 Å². The smallest absolute Gasteiger partial charge is 0.416 e. The van der Waals surface area contributed by atoms with Gasteiger partial charge in [0.1, 0.15) is 11.6 Å². The predicted octanol–water partition coefficient (Wildman–Crippen LogP) is 3.71. The lowest BCUT2D eigenvalue weighted by atomic mass is 10.1. The van der Waals surface area contributed by atoms with Gasteiger partial charge in [0.15, 0.2) is 5.96 Å². The van der Waals surface area contributed by atoms with E-state index in [-0.39, 0.29) is 23.9 Å². The number of pyridine rings is 1. The first-order chi connectivity index (χ1) is 14.3. The Morgan fingerprint density at radius 2 is 2.17 bits per heavy atom. The molecule has 1 aromatic carbocycles. The Morgan fingerprint density at radius 1 is 1.37 bits per heavy atom. The largest absolute Gasteiger partial charge is 0.497 e. The van der Waals surface area contributed by atoms with Crippen molar-refractivity contribution in [2.75, 3.05) is 32.1 Å². The maximum absolute atomic E-state index is 13.4. The van der Waals surface area contributed by atoms with Gasteiger partial charge in [-0.15, -0.1) is 0 Å². The van der Waals surface area contributed by atoms with Crippen LogP contribution in [0.4, 0.5) is 19.0 Å². The van der Waals surface area contributed by atoms with Gasteiger partial charge < -0.3 is 20.3 Å². The summed E-state index contributed by atoms with van der Waals surface area (Å²) in [5.74, 6) is 1.31. The number of methoxy groups -OCH3 is 1. The van der Waals surface area contributed by atoms with Gasteiger partial charge in [-0.1, -0.05) is 17.7 Å². The average Bonchev–Trinajstić information content (AvgIpc) is 3.19. The van der Waals surface area contributed by atoms with Gasteiger partial charge in [0.05, 0.1) is 17.7 Å². The van der Waals surface area contributed by atoms with E-state index in [2.05, 4.69) is 25.5 Å². The van der Waals surface area contributed by atoms with Crippen molar-refractivity contribution in [1.82, 2.24) is 15.6 Å². The zero-order valence-corrected chi connectivity index (χ0v) is 17.4. The van der Waals surface area contributed by atoms with Gasteiger partial charge in [0.25, 0.3) is 0 Å². The van der Waals surface area contributed by atoms with Gasteiger partial charge >= 0.3 is 6.18 Å². The molecule has 0 amide bonds. The quantitative estimate of drug-likeness (QED) is 0.547. The van der Waals surface area contributed by atoms with Crippen molar-refractivity contribution in [2.45, 2.75) is 25.2 Å². The van der Waals surface area contributed by atoms with Crippen LogP contribution in [0.2, 0.25) is 5.02 Å². The molecule has 2 aromatic rings. The molecule has 1 aliphatic rings. The zero-order valence-electron chi connectivity index (χ0n) is 16.6. The third-order valence-electron chi connectivity index (χ3n) is 4.86. The monoisotopic (exact) mass is 441 g/mol. The summed E-state index contributed by atoms with van der Waals surface area (Å²) in [5, 5.41) is 6.81. The van der Waals surface area contributed by atoms with E-state index in [1.54, 1.807) is 25.4 Å². The molecule has 0 bridgehead atoms. The minimum Gasteiger partial charge on any atom is -0.497 e. The molecular formula is C20H23ClF3N5O. The molecule has 3 rings (SSSR count). The van der Waals surface area contributed by atoms with Gasteiger partial charge in [-0.05, 0) is 36.2 Å². The van der Waals surface area contributed by atoms with Gasteiger partial charge in [-0.3, -0.25) is 4.99 Å². The molecule has 1 saturated heterocycles. The molecule has 6 nitrogen and oxygen atoms in total. The first kappa shape index (κ1) is 22.0. The molecule has 162 valence electrons. The van der Waals surface area contributed by atoms with E-state index >= 15 is 0 Å². The molecule has 1 fully saturated rings. The predicted molar refractivity (Wildman–Crippen MR) is 111 cm³/mol. The normalized spacial score (nSPS) is 17.2. The highest BCUT2D eigenvalue weighted by Gasteiger charge is 2.34. The fraction of sp³-hybridized carbons (Fsp3) is 0.400. The number of halogens is 4. The van der Waals surface area contributed by atoms with Crippen LogP contribution in [0.1, 0.15) is 17.5 Å². The average molecular weight is 442 g/mol. The molecule has 0 saturated carbocycles. The summed E-state index contributed by atoms with van der Waals surface area (Å²) in [7, 11) is 2.92. The van der Waals surface area contributed by atoms with E-state index in [4.69, 9.17) is 16.3 Å². The van der Waals surface area contributed by atoms with Crippen LogP contribution < -0.4 is 20.3 Å². The highest BCUT2D eigenvalue weighted by atomic mass is 35.5. The molecule has 10 heteroatoms. The summed E-state index contributed by atoms with van der Waals surface area (Å²) < 4.78 is 45.1. The van der Waals surface area contributed by atoms with E-state index in [0.717, 1.165) is 24.8 Å². The van der Waals surface area contributed by atoms with Crippen LogP contribution in [-0.4, -0.2) is 44.2 Å². The van der Waals surface area contributed by atoms with Crippen molar-refractivity contribution in [2.24, 2.45) is 4.99 Å². The molecular weight excluding hydrogens is 419 g/mol. The molecule has 0 aliphatic carbocycles. The number of rotatable bonds is 5. The van der Waals surface area contributed by atoms with Crippen LogP contribution in [0.15, 0.2) is 41.5 Å². The number of benzene rings is 1. The number of nitrogens with zero attached hydrogens (tertiary/aromatic N) is 3. The Balaban J connectivity index is 1.62. The van der Waals surface area contributed by atoms with Crippen molar-refractivity contribution in [3.8, 4) is 5.75 Å². The summed E-state index contributed by atoms with van der Waals surface area (Å²) in [6, 6.07) is 7.54. The van der Waals surface area contributed by atoms with E-state index in [9.17, 15) is 13.2 Å². The fourth-order valence-electron chi connectivity index (χ4n) is 3.35. The lowest BCUT2D eigenvalue weighted by molar-refractivity contribution is -0.138. The van der Waals surface area contributed by atoms with Crippen LogP contribution in [0.3, 0.4) is 0 Å². The zero-order chi connectivity index (χ0) is 21.7. The van der Waals surface area contributed by atoms with Crippen molar-refractivity contribution < 1.29 is 17.9 Å². The molecule has 1 aliphatic heterocycles. The molecule has 1 aromatic heterocycles. The van der Waals surface area contributed by atoms with Crippen LogP contribution in [-0.2, 0) is 12.7 Å². The maximum Gasteiger partial charge on any atom is 0.416 e. The van der Waals surface area contributed by atoms with E-state index in [1.807, 2.05) is 0 Å². The summed E-state index contributed by atoms with van der Waals surface area (Å²) in [5.41, 5.74) is -0.624. The SMILES string of the molecule is CN=C(NCc1ccc(OC)cc1C(F)(F)F)NC1CCN(c2ncccc2Cl)C1. The number of ether oxygens (including phenoxy) is 1. The lowest BCUT2D eigenvalue weighted by Gasteiger charge is -2.21. The second-order valence-electron chi connectivity index (χ2n) is 6.83.